The fraction of sp³-hybridized carbons (Fsp3) is 0.125. The van der Waals surface area contributed by atoms with Crippen molar-refractivity contribution in [2.24, 2.45) is 0 Å². The summed E-state index contributed by atoms with van der Waals surface area (Å²) in [5.74, 6) is 1.78. The highest BCUT2D eigenvalue weighted by molar-refractivity contribution is 7.84. The van der Waals surface area contributed by atoms with Crippen LogP contribution in [0.1, 0.15) is 11.1 Å². The Hall–Kier alpha value is -3.58. The van der Waals surface area contributed by atoms with Crippen molar-refractivity contribution in [2.75, 3.05) is 6.26 Å². The molecule has 1 atom stereocenters. The van der Waals surface area contributed by atoms with Gasteiger partial charge in [-0.3, -0.25) is 19.2 Å². The van der Waals surface area contributed by atoms with Crippen LogP contribution < -0.4 is 15.0 Å². The number of aromatic amines is 2. The van der Waals surface area contributed by atoms with Crippen LogP contribution in [0.15, 0.2) is 82.5 Å². The minimum Gasteiger partial charge on any atom is -0.489 e. The van der Waals surface area contributed by atoms with Gasteiger partial charge in [-0.05, 0) is 54.4 Å². The number of nitrogens with one attached hydrogen (secondary N) is 2. The van der Waals surface area contributed by atoms with Crippen molar-refractivity contribution in [3.63, 3.8) is 0 Å². The third-order valence-corrected chi connectivity index (χ3v) is 5.77. The zero-order valence-electron chi connectivity index (χ0n) is 17.2. The van der Waals surface area contributed by atoms with Gasteiger partial charge < -0.3 is 9.47 Å². The van der Waals surface area contributed by atoms with E-state index in [1.165, 1.54) is 6.07 Å². The quantitative estimate of drug-likeness (QED) is 0.438. The highest BCUT2D eigenvalue weighted by Crippen LogP contribution is 2.32. The first-order chi connectivity index (χ1) is 15.0. The van der Waals surface area contributed by atoms with Gasteiger partial charge in [0.2, 0.25) is 0 Å². The Balaban J connectivity index is 1.63. The van der Waals surface area contributed by atoms with Crippen LogP contribution in [0, 0.1) is 6.92 Å². The average molecular weight is 435 g/mol. The summed E-state index contributed by atoms with van der Waals surface area (Å²) >= 11 is 0. The number of hydrogen-bond donors (Lipinski definition) is 2. The van der Waals surface area contributed by atoms with Gasteiger partial charge in [0.1, 0.15) is 23.9 Å². The second-order valence-electron chi connectivity index (χ2n) is 7.11. The van der Waals surface area contributed by atoms with E-state index in [0.717, 1.165) is 21.6 Å². The molecular weight excluding hydrogens is 412 g/mol. The second kappa shape index (κ2) is 9.06. The topological polar surface area (TPSA) is 84.2 Å². The van der Waals surface area contributed by atoms with Crippen LogP contribution in [0.25, 0.3) is 11.3 Å². The summed E-state index contributed by atoms with van der Waals surface area (Å²) in [5.41, 5.74) is 3.41. The molecule has 4 aromatic rings. The second-order valence-corrected chi connectivity index (χ2v) is 8.49. The van der Waals surface area contributed by atoms with E-state index >= 15 is 0 Å². The van der Waals surface area contributed by atoms with E-state index in [1.54, 1.807) is 36.6 Å². The molecule has 1 heterocycles. The summed E-state index contributed by atoms with van der Waals surface area (Å²) in [6, 6.07) is 22.1. The highest BCUT2D eigenvalue weighted by atomic mass is 32.2. The molecule has 0 saturated heterocycles. The van der Waals surface area contributed by atoms with Gasteiger partial charge in [0.25, 0.3) is 5.56 Å². The summed E-state index contributed by atoms with van der Waals surface area (Å²) in [5, 5.41) is 5.41. The van der Waals surface area contributed by atoms with Crippen molar-refractivity contribution < 1.29 is 13.7 Å². The molecule has 4 rings (SSSR count). The van der Waals surface area contributed by atoms with Crippen LogP contribution in [-0.2, 0) is 17.4 Å². The predicted molar refractivity (Wildman–Crippen MR) is 121 cm³/mol. The summed E-state index contributed by atoms with van der Waals surface area (Å²) in [7, 11) is -1.05. The Bertz CT molecular complexity index is 1280. The molecule has 1 unspecified atom stereocenters. The van der Waals surface area contributed by atoms with Crippen molar-refractivity contribution in [3.8, 4) is 28.5 Å². The molecule has 6 nitrogen and oxygen atoms in total. The van der Waals surface area contributed by atoms with Crippen LogP contribution >= 0.6 is 0 Å². The van der Waals surface area contributed by atoms with Gasteiger partial charge in [0, 0.05) is 39.6 Å². The maximum absolute atomic E-state index is 11.6. The summed E-state index contributed by atoms with van der Waals surface area (Å²) < 4.78 is 23.7. The first-order valence-corrected chi connectivity index (χ1v) is 11.3. The number of aromatic nitrogens is 2. The van der Waals surface area contributed by atoms with E-state index in [1.807, 2.05) is 43.3 Å². The molecule has 1 aromatic heterocycles. The summed E-state index contributed by atoms with van der Waals surface area (Å²) in [6.07, 6.45) is 1.63. The largest absolute Gasteiger partial charge is 0.489 e. The van der Waals surface area contributed by atoms with Crippen molar-refractivity contribution in [2.45, 2.75) is 18.4 Å². The van der Waals surface area contributed by atoms with E-state index < -0.39 is 10.8 Å². The number of benzene rings is 3. The highest BCUT2D eigenvalue weighted by Gasteiger charge is 2.10. The Labute approximate surface area is 182 Å². The number of rotatable bonds is 7. The number of ether oxygens (including phenoxy) is 2. The SMILES string of the molecule is Cc1ccccc1COc1cc(Oc2ccc(S(C)=O)cc2)cc(-c2cc(=O)[nH][nH]2)c1. The molecule has 0 spiro atoms. The molecular formula is C24H22N2O4S. The van der Waals surface area contributed by atoms with Gasteiger partial charge in [-0.2, -0.15) is 0 Å². The van der Waals surface area contributed by atoms with E-state index in [-0.39, 0.29) is 5.56 Å². The summed E-state index contributed by atoms with van der Waals surface area (Å²) in [4.78, 5) is 12.3. The smallest absolute Gasteiger partial charge is 0.264 e. The van der Waals surface area contributed by atoms with Gasteiger partial charge in [-0.25, -0.2) is 0 Å². The molecule has 3 aromatic carbocycles. The lowest BCUT2D eigenvalue weighted by atomic mass is 10.1. The zero-order chi connectivity index (χ0) is 21.8. The number of aryl methyl sites for hydroxylation is 1. The van der Waals surface area contributed by atoms with Gasteiger partial charge in [0.05, 0.1) is 5.69 Å². The molecule has 0 aliphatic rings. The van der Waals surface area contributed by atoms with Crippen molar-refractivity contribution in [3.05, 3.63) is 94.3 Å². The summed E-state index contributed by atoms with van der Waals surface area (Å²) in [6.45, 7) is 2.46. The monoisotopic (exact) mass is 434 g/mol. The molecule has 158 valence electrons. The average Bonchev–Trinajstić information content (AvgIpc) is 3.20. The molecule has 7 heteroatoms. The Morgan fingerprint density at radius 3 is 2.29 bits per heavy atom. The molecule has 0 fully saturated rings. The van der Waals surface area contributed by atoms with Crippen LogP contribution in [0.2, 0.25) is 0 Å². The van der Waals surface area contributed by atoms with E-state index in [0.29, 0.717) is 29.5 Å². The minimum absolute atomic E-state index is 0.216. The van der Waals surface area contributed by atoms with Crippen LogP contribution in [-0.4, -0.2) is 20.7 Å². The van der Waals surface area contributed by atoms with Gasteiger partial charge in [0.15, 0.2) is 0 Å². The predicted octanol–water partition coefficient (Wildman–Crippen LogP) is 4.79. The van der Waals surface area contributed by atoms with E-state index in [2.05, 4.69) is 10.2 Å². The lowest BCUT2D eigenvalue weighted by Gasteiger charge is -2.13. The molecule has 0 bridgehead atoms. The molecule has 0 saturated carbocycles. The third kappa shape index (κ3) is 5.13. The lowest BCUT2D eigenvalue weighted by molar-refractivity contribution is 0.304. The Morgan fingerprint density at radius 1 is 0.871 bits per heavy atom. The lowest BCUT2D eigenvalue weighted by Crippen LogP contribution is -1.98. The first kappa shape index (κ1) is 20.7. The molecule has 31 heavy (non-hydrogen) atoms. The Kier molecular flexibility index (Phi) is 6.04. The van der Waals surface area contributed by atoms with Crippen LogP contribution in [0.5, 0.6) is 17.2 Å². The molecule has 2 N–H and O–H groups in total. The van der Waals surface area contributed by atoms with Crippen LogP contribution in [0.4, 0.5) is 0 Å². The molecule has 0 aliphatic heterocycles. The van der Waals surface area contributed by atoms with Crippen LogP contribution in [0.3, 0.4) is 0 Å². The van der Waals surface area contributed by atoms with Crippen molar-refractivity contribution in [1.82, 2.24) is 10.2 Å². The maximum Gasteiger partial charge on any atom is 0.264 e. The molecule has 0 radical (unpaired) electrons. The number of hydrogen-bond acceptors (Lipinski definition) is 4. The van der Waals surface area contributed by atoms with Gasteiger partial charge in [-0.15, -0.1) is 0 Å². The standard InChI is InChI=1S/C24H22N2O4S/c1-16-5-3-4-6-17(16)15-29-20-11-18(23-14-24(27)26-25-23)12-21(13-20)30-19-7-9-22(10-8-19)31(2)28/h3-14H,15H2,1-2H3,(H2,25,26,27). The Morgan fingerprint density at radius 2 is 1.61 bits per heavy atom. The number of H-pyrrole nitrogens is 2. The molecule has 0 aliphatic carbocycles. The minimum atomic E-state index is -1.05. The van der Waals surface area contributed by atoms with Crippen molar-refractivity contribution >= 4 is 10.8 Å². The normalized spacial score (nSPS) is 11.8. The fourth-order valence-electron chi connectivity index (χ4n) is 3.13. The van der Waals surface area contributed by atoms with Crippen molar-refractivity contribution in [1.29, 1.82) is 0 Å². The van der Waals surface area contributed by atoms with Gasteiger partial charge >= 0.3 is 0 Å². The first-order valence-electron chi connectivity index (χ1n) is 9.70. The van der Waals surface area contributed by atoms with E-state index in [4.69, 9.17) is 9.47 Å². The zero-order valence-corrected chi connectivity index (χ0v) is 18.0. The van der Waals surface area contributed by atoms with Gasteiger partial charge in [-0.1, -0.05) is 24.3 Å². The third-order valence-electron chi connectivity index (χ3n) is 4.83. The molecule has 0 amide bonds. The fourth-order valence-corrected chi connectivity index (χ4v) is 3.65. The van der Waals surface area contributed by atoms with E-state index in [9.17, 15) is 9.00 Å². The maximum atomic E-state index is 11.6.